The van der Waals surface area contributed by atoms with Crippen LogP contribution in [0.25, 0.3) is 11.1 Å². The molecule has 1 saturated heterocycles. The van der Waals surface area contributed by atoms with E-state index in [0.717, 1.165) is 22.3 Å². The number of likely N-dealkylation sites (tertiary alicyclic amines) is 1. The molecule has 1 heterocycles. The zero-order chi connectivity index (χ0) is 24.2. The van der Waals surface area contributed by atoms with E-state index in [-0.39, 0.29) is 18.4 Å². The molecule has 2 N–H and O–H groups in total. The third kappa shape index (κ3) is 4.65. The number of benzene rings is 2. The van der Waals surface area contributed by atoms with Crippen LogP contribution in [0.5, 0.6) is 0 Å². The number of carbonyl (C=O) groups excluding carboxylic acids is 2. The van der Waals surface area contributed by atoms with Crippen LogP contribution < -0.4 is 5.32 Å². The van der Waals surface area contributed by atoms with Gasteiger partial charge >= 0.3 is 12.1 Å². The van der Waals surface area contributed by atoms with Gasteiger partial charge in [-0.3, -0.25) is 9.59 Å². The van der Waals surface area contributed by atoms with Crippen molar-refractivity contribution in [3.05, 3.63) is 59.7 Å². The number of nitrogens with one attached hydrogen (secondary N) is 1. The Labute approximate surface area is 200 Å². The lowest BCUT2D eigenvalue weighted by Crippen LogP contribution is -2.56. The van der Waals surface area contributed by atoms with E-state index in [1.54, 1.807) is 11.8 Å². The second-order valence-electron chi connectivity index (χ2n) is 9.17. The third-order valence-electron chi connectivity index (χ3n) is 7.10. The summed E-state index contributed by atoms with van der Waals surface area (Å²) in [5, 5.41) is 12.2. The summed E-state index contributed by atoms with van der Waals surface area (Å²) in [6, 6.07) is 15.1. The van der Waals surface area contributed by atoms with Crippen LogP contribution in [0.3, 0.4) is 0 Å². The van der Waals surface area contributed by atoms with Gasteiger partial charge in [0.1, 0.15) is 12.6 Å². The van der Waals surface area contributed by atoms with E-state index < -0.39 is 30.1 Å². The smallest absolute Gasteiger partial charge is 0.407 e. The van der Waals surface area contributed by atoms with Crippen LogP contribution in [0.4, 0.5) is 4.79 Å². The number of alkyl carbamates (subject to hydrolysis) is 1. The Morgan fingerprint density at radius 3 is 2.29 bits per heavy atom. The molecule has 0 bridgehead atoms. The molecule has 0 aromatic heterocycles. The van der Waals surface area contributed by atoms with E-state index in [1.807, 2.05) is 31.2 Å². The van der Waals surface area contributed by atoms with Crippen LogP contribution >= 0.6 is 0 Å². The van der Waals surface area contributed by atoms with Crippen molar-refractivity contribution in [3.63, 3.8) is 0 Å². The lowest BCUT2D eigenvalue weighted by atomic mass is 9.89. The minimum Gasteiger partial charge on any atom is -0.481 e. The molecule has 2 amide bonds. The number of aliphatic carboxylic acids is 1. The molecule has 7 nitrogen and oxygen atoms in total. The summed E-state index contributed by atoms with van der Waals surface area (Å²) in [5.41, 5.74) is 4.55. The summed E-state index contributed by atoms with van der Waals surface area (Å²) < 4.78 is 5.63. The summed E-state index contributed by atoms with van der Waals surface area (Å²) in [5.74, 6) is -1.78. The lowest BCUT2D eigenvalue weighted by Gasteiger charge is -2.39. The molecule has 0 radical (unpaired) electrons. The number of carbonyl (C=O) groups is 3. The summed E-state index contributed by atoms with van der Waals surface area (Å²) in [4.78, 5) is 39.2. The fourth-order valence-electron chi connectivity index (χ4n) is 5.31. The molecule has 4 rings (SSSR count). The van der Waals surface area contributed by atoms with Crippen molar-refractivity contribution in [1.82, 2.24) is 10.2 Å². The predicted octanol–water partition coefficient (Wildman–Crippen LogP) is 4.41. The first-order valence-electron chi connectivity index (χ1n) is 12.1. The van der Waals surface area contributed by atoms with Crippen molar-refractivity contribution in [1.29, 1.82) is 0 Å². The van der Waals surface area contributed by atoms with Gasteiger partial charge in [-0.05, 0) is 48.4 Å². The number of fused-ring (bicyclic) bond motifs is 3. The number of ether oxygens (including phenoxy) is 1. The highest BCUT2D eigenvalue weighted by Gasteiger charge is 2.38. The van der Waals surface area contributed by atoms with E-state index in [0.29, 0.717) is 32.2 Å². The molecule has 3 atom stereocenters. The van der Waals surface area contributed by atoms with Gasteiger partial charge in [-0.25, -0.2) is 4.79 Å². The first-order valence-corrected chi connectivity index (χ1v) is 12.1. The largest absolute Gasteiger partial charge is 0.481 e. The van der Waals surface area contributed by atoms with Crippen molar-refractivity contribution < 1.29 is 24.2 Å². The Balaban J connectivity index is 1.42. The Morgan fingerprint density at radius 1 is 1.09 bits per heavy atom. The Hall–Kier alpha value is -3.35. The van der Waals surface area contributed by atoms with Crippen molar-refractivity contribution in [3.8, 4) is 11.1 Å². The second kappa shape index (κ2) is 10.3. The molecule has 2 aromatic rings. The number of rotatable bonds is 7. The monoisotopic (exact) mass is 464 g/mol. The van der Waals surface area contributed by atoms with E-state index in [2.05, 4.69) is 29.6 Å². The van der Waals surface area contributed by atoms with Crippen LogP contribution in [-0.2, 0) is 14.3 Å². The number of hydrogen-bond acceptors (Lipinski definition) is 4. The number of amides is 2. The van der Waals surface area contributed by atoms with Gasteiger partial charge in [0.2, 0.25) is 5.91 Å². The quantitative estimate of drug-likeness (QED) is 0.633. The first-order chi connectivity index (χ1) is 16.4. The SMILES string of the molecule is CCCC(NC(=O)OCC1c2ccccc2-c2ccccc21)C(=O)N1CCC[C@@H](C(=O)O)[C@H]1C. The average molecular weight is 465 g/mol. The van der Waals surface area contributed by atoms with Crippen LogP contribution in [0.2, 0.25) is 0 Å². The number of piperidine rings is 1. The van der Waals surface area contributed by atoms with Crippen molar-refractivity contribution in [2.24, 2.45) is 5.92 Å². The number of hydrogen-bond donors (Lipinski definition) is 2. The number of carboxylic acid groups (broad SMARTS) is 1. The van der Waals surface area contributed by atoms with Gasteiger partial charge < -0.3 is 20.1 Å². The van der Waals surface area contributed by atoms with Gasteiger partial charge in [-0.2, -0.15) is 0 Å². The maximum absolute atomic E-state index is 13.3. The fraction of sp³-hybridized carbons (Fsp3) is 0.444. The first kappa shape index (κ1) is 23.8. The van der Waals surface area contributed by atoms with Crippen LogP contribution in [0.1, 0.15) is 56.6 Å². The molecule has 1 unspecified atom stereocenters. The highest BCUT2D eigenvalue weighted by Crippen LogP contribution is 2.44. The molecule has 0 saturated carbocycles. The van der Waals surface area contributed by atoms with Crippen molar-refractivity contribution in [2.75, 3.05) is 13.2 Å². The summed E-state index contributed by atoms with van der Waals surface area (Å²) in [6.07, 6.45) is 1.72. The summed E-state index contributed by atoms with van der Waals surface area (Å²) >= 11 is 0. The van der Waals surface area contributed by atoms with Gasteiger partial charge in [0.05, 0.1) is 5.92 Å². The molecule has 0 spiro atoms. The van der Waals surface area contributed by atoms with Gasteiger partial charge in [0.15, 0.2) is 0 Å². The summed E-state index contributed by atoms with van der Waals surface area (Å²) in [6.45, 7) is 4.38. The van der Waals surface area contributed by atoms with E-state index in [4.69, 9.17) is 4.74 Å². The Morgan fingerprint density at radius 2 is 1.71 bits per heavy atom. The van der Waals surface area contributed by atoms with E-state index >= 15 is 0 Å². The van der Waals surface area contributed by atoms with Crippen LogP contribution in [-0.4, -0.2) is 53.2 Å². The minimum atomic E-state index is -0.887. The van der Waals surface area contributed by atoms with E-state index in [1.165, 1.54) is 0 Å². The molecule has 34 heavy (non-hydrogen) atoms. The molecular weight excluding hydrogens is 432 g/mol. The molecule has 180 valence electrons. The predicted molar refractivity (Wildman–Crippen MR) is 128 cm³/mol. The van der Waals surface area contributed by atoms with Gasteiger partial charge in [-0.15, -0.1) is 0 Å². The van der Waals surface area contributed by atoms with Crippen LogP contribution in [0, 0.1) is 5.92 Å². The van der Waals surface area contributed by atoms with Gasteiger partial charge in [-0.1, -0.05) is 61.9 Å². The molecule has 1 aliphatic heterocycles. The average Bonchev–Trinajstić information content (AvgIpc) is 3.16. The maximum Gasteiger partial charge on any atom is 0.407 e. The fourth-order valence-corrected chi connectivity index (χ4v) is 5.31. The zero-order valence-electron chi connectivity index (χ0n) is 19.7. The molecule has 2 aliphatic rings. The Kier molecular flexibility index (Phi) is 7.20. The van der Waals surface area contributed by atoms with E-state index in [9.17, 15) is 19.5 Å². The molecular formula is C27H32N2O5. The topological polar surface area (TPSA) is 95.9 Å². The van der Waals surface area contributed by atoms with Crippen LogP contribution in [0.15, 0.2) is 48.5 Å². The standard InChI is InChI=1S/C27H32N2O5/c1-3-9-24(25(30)29-15-8-14-18(17(29)2)26(31)32)28-27(33)34-16-23-21-12-6-4-10-19(21)20-11-5-7-13-22(20)23/h4-7,10-13,17-18,23-24H,3,8-9,14-16H2,1-2H3,(H,28,33)(H,31,32)/t17-,18-,24?/m1/s1. The molecule has 1 fully saturated rings. The van der Waals surface area contributed by atoms with Gasteiger partial charge in [0, 0.05) is 18.5 Å². The summed E-state index contributed by atoms with van der Waals surface area (Å²) in [7, 11) is 0. The maximum atomic E-state index is 13.3. The molecule has 7 heteroatoms. The lowest BCUT2D eigenvalue weighted by molar-refractivity contribution is -0.149. The zero-order valence-corrected chi connectivity index (χ0v) is 19.7. The third-order valence-corrected chi connectivity index (χ3v) is 7.10. The highest BCUT2D eigenvalue weighted by atomic mass is 16.5. The van der Waals surface area contributed by atoms with Crippen molar-refractivity contribution >= 4 is 18.0 Å². The normalized spacial score (nSPS) is 20.2. The minimum absolute atomic E-state index is 0.0584. The second-order valence-corrected chi connectivity index (χ2v) is 9.17. The number of carboxylic acids is 1. The Bertz CT molecular complexity index is 1020. The molecule has 1 aliphatic carbocycles. The van der Waals surface area contributed by atoms with Crippen molar-refractivity contribution in [2.45, 2.75) is 57.5 Å². The van der Waals surface area contributed by atoms with Gasteiger partial charge in [0.25, 0.3) is 0 Å². The number of nitrogens with zero attached hydrogens (tertiary/aromatic N) is 1. The highest BCUT2D eigenvalue weighted by molar-refractivity contribution is 5.87. The molecule has 2 aromatic carbocycles.